The summed E-state index contributed by atoms with van der Waals surface area (Å²) in [6, 6.07) is 16.6. The van der Waals surface area contributed by atoms with Crippen molar-refractivity contribution in [1.82, 2.24) is 14.7 Å². The Balaban J connectivity index is 1.89. The van der Waals surface area contributed by atoms with Crippen molar-refractivity contribution in [2.75, 3.05) is 18.4 Å². The Morgan fingerprint density at radius 1 is 1.03 bits per heavy atom. The van der Waals surface area contributed by atoms with Crippen LogP contribution >= 0.6 is 23.2 Å². The Hall–Kier alpha value is -2.83. The molecule has 0 spiro atoms. The van der Waals surface area contributed by atoms with Crippen molar-refractivity contribution in [3.8, 4) is 16.9 Å². The first kappa shape index (κ1) is 24.8. The van der Waals surface area contributed by atoms with Gasteiger partial charge in [0, 0.05) is 24.6 Å². The zero-order valence-corrected chi connectivity index (χ0v) is 20.7. The van der Waals surface area contributed by atoms with Crippen molar-refractivity contribution in [1.29, 1.82) is 0 Å². The van der Waals surface area contributed by atoms with Gasteiger partial charge in [0.25, 0.3) is 0 Å². The van der Waals surface area contributed by atoms with Gasteiger partial charge in [-0.25, -0.2) is 4.68 Å². The summed E-state index contributed by atoms with van der Waals surface area (Å²) in [6.45, 7) is 8.27. The molecule has 0 unspecified atom stereocenters. The second-order valence-electron chi connectivity index (χ2n) is 8.98. The number of hydrogen-bond donors (Lipinski definition) is 1. The Bertz CT molecular complexity index is 1140. The molecule has 3 rings (SSSR count). The van der Waals surface area contributed by atoms with Gasteiger partial charge in [-0.1, -0.05) is 74.3 Å². The number of carbonyl (C=O) groups is 2. The van der Waals surface area contributed by atoms with Gasteiger partial charge < -0.3 is 10.2 Å². The van der Waals surface area contributed by atoms with Crippen LogP contribution in [0, 0.1) is 5.41 Å². The number of rotatable bonds is 7. The molecule has 0 fully saturated rings. The number of carbonyl (C=O) groups excluding carboxylic acids is 2. The minimum absolute atomic E-state index is 0.0430. The maximum Gasteiger partial charge on any atom is 0.245 e. The van der Waals surface area contributed by atoms with Crippen molar-refractivity contribution >= 4 is 40.8 Å². The van der Waals surface area contributed by atoms with E-state index in [4.69, 9.17) is 23.2 Å². The fourth-order valence-corrected chi connectivity index (χ4v) is 3.62. The number of benzene rings is 2. The van der Waals surface area contributed by atoms with E-state index in [0.717, 1.165) is 5.56 Å². The van der Waals surface area contributed by atoms with Crippen LogP contribution in [0.15, 0.2) is 54.6 Å². The van der Waals surface area contributed by atoms with E-state index >= 15 is 0 Å². The van der Waals surface area contributed by atoms with Crippen LogP contribution in [0.5, 0.6) is 0 Å². The van der Waals surface area contributed by atoms with E-state index in [1.165, 1.54) is 0 Å². The first-order chi connectivity index (χ1) is 15.6. The third-order valence-corrected chi connectivity index (χ3v) is 5.68. The number of anilines is 1. The first-order valence-corrected chi connectivity index (χ1v) is 11.5. The van der Waals surface area contributed by atoms with Gasteiger partial charge >= 0.3 is 0 Å². The minimum Gasteiger partial charge on any atom is -0.334 e. The van der Waals surface area contributed by atoms with Gasteiger partial charge in [0.15, 0.2) is 0 Å². The van der Waals surface area contributed by atoms with Crippen LogP contribution in [0.4, 0.5) is 5.82 Å². The summed E-state index contributed by atoms with van der Waals surface area (Å²) in [4.78, 5) is 27.1. The third-order valence-electron chi connectivity index (χ3n) is 4.94. The molecule has 1 N–H and O–H groups in total. The molecule has 6 nitrogen and oxygen atoms in total. The average Bonchev–Trinajstić information content (AvgIpc) is 3.17. The minimum atomic E-state index is -0.306. The molecule has 8 heteroatoms. The molecule has 0 bridgehead atoms. The fourth-order valence-electron chi connectivity index (χ4n) is 3.33. The van der Waals surface area contributed by atoms with Gasteiger partial charge in [-0.05, 0) is 30.5 Å². The monoisotopic (exact) mass is 486 g/mol. The number of halogens is 2. The van der Waals surface area contributed by atoms with Crippen LogP contribution in [0.25, 0.3) is 16.9 Å². The van der Waals surface area contributed by atoms with Gasteiger partial charge in [-0.3, -0.25) is 9.59 Å². The van der Waals surface area contributed by atoms with Crippen LogP contribution in [-0.2, 0) is 9.59 Å². The second-order valence-corrected chi connectivity index (χ2v) is 9.80. The molecular formula is C25H28Cl2N4O2. The van der Waals surface area contributed by atoms with Crippen molar-refractivity contribution in [3.63, 3.8) is 0 Å². The Morgan fingerprint density at radius 3 is 2.33 bits per heavy atom. The van der Waals surface area contributed by atoms with Crippen molar-refractivity contribution < 1.29 is 9.59 Å². The summed E-state index contributed by atoms with van der Waals surface area (Å²) < 4.78 is 1.61. The third kappa shape index (κ3) is 6.59. The van der Waals surface area contributed by atoms with E-state index in [0.29, 0.717) is 40.2 Å². The lowest BCUT2D eigenvalue weighted by Gasteiger charge is -2.25. The summed E-state index contributed by atoms with van der Waals surface area (Å²) >= 11 is 12.3. The number of nitrogens with one attached hydrogen (secondary N) is 1. The maximum absolute atomic E-state index is 12.9. The van der Waals surface area contributed by atoms with Crippen molar-refractivity contribution in [3.05, 3.63) is 64.6 Å². The molecule has 0 aliphatic carbocycles. The smallest absolute Gasteiger partial charge is 0.245 e. The lowest BCUT2D eigenvalue weighted by atomic mass is 9.91. The molecule has 0 atom stereocenters. The summed E-state index contributed by atoms with van der Waals surface area (Å²) in [5.74, 6) is 0.111. The topological polar surface area (TPSA) is 67.2 Å². The van der Waals surface area contributed by atoms with Crippen LogP contribution < -0.4 is 5.32 Å². The fraction of sp³-hybridized carbons (Fsp3) is 0.320. The molecule has 33 heavy (non-hydrogen) atoms. The highest BCUT2D eigenvalue weighted by Gasteiger charge is 2.23. The molecular weight excluding hydrogens is 459 g/mol. The van der Waals surface area contributed by atoms with E-state index in [1.807, 2.05) is 58.0 Å². The largest absolute Gasteiger partial charge is 0.334 e. The Kier molecular flexibility index (Phi) is 7.82. The number of amides is 2. The maximum atomic E-state index is 12.9. The van der Waals surface area contributed by atoms with E-state index in [2.05, 4.69) is 10.4 Å². The predicted octanol–water partition coefficient (Wildman–Crippen LogP) is 6.07. The summed E-state index contributed by atoms with van der Waals surface area (Å²) in [7, 11) is 0. The van der Waals surface area contributed by atoms with E-state index in [9.17, 15) is 9.59 Å². The molecule has 1 aromatic heterocycles. The Labute approximate surface area is 204 Å². The molecule has 3 aromatic rings. The molecule has 0 saturated heterocycles. The normalized spacial score (nSPS) is 11.3. The average molecular weight is 487 g/mol. The lowest BCUT2D eigenvalue weighted by molar-refractivity contribution is -0.136. The van der Waals surface area contributed by atoms with Crippen molar-refractivity contribution in [2.24, 2.45) is 5.41 Å². The zero-order chi connectivity index (χ0) is 24.2. The number of likely N-dealkylation sites (N-methyl/N-ethyl adjacent to an activating group) is 1. The van der Waals surface area contributed by atoms with Gasteiger partial charge in [0.1, 0.15) is 5.82 Å². The van der Waals surface area contributed by atoms with Crippen LogP contribution in [0.3, 0.4) is 0 Å². The SMILES string of the molecule is CCN(CC(=O)Nc1cc(-c2ccccc2)nn1-c1ccc(Cl)c(Cl)c1)C(=O)CC(C)(C)C. The highest BCUT2D eigenvalue weighted by Crippen LogP contribution is 2.29. The summed E-state index contributed by atoms with van der Waals surface area (Å²) in [6.07, 6.45) is 0.369. The zero-order valence-electron chi connectivity index (χ0n) is 19.2. The first-order valence-electron chi connectivity index (χ1n) is 10.8. The molecule has 0 saturated carbocycles. The van der Waals surface area contributed by atoms with Gasteiger partial charge in [-0.15, -0.1) is 0 Å². The number of aromatic nitrogens is 2. The van der Waals surface area contributed by atoms with Crippen LogP contribution in [0.2, 0.25) is 10.0 Å². The van der Waals surface area contributed by atoms with Gasteiger partial charge in [0.05, 0.1) is 28.0 Å². The molecule has 1 heterocycles. The molecule has 0 radical (unpaired) electrons. The molecule has 174 valence electrons. The standard InChI is InChI=1S/C25H28Cl2N4O2/c1-5-30(24(33)15-25(2,3)4)16-23(32)28-22-14-21(17-9-7-6-8-10-17)29-31(22)18-11-12-19(26)20(27)13-18/h6-14H,5,15-16H2,1-4H3,(H,28,32). The quantitative estimate of drug-likeness (QED) is 0.440. The number of nitrogens with zero attached hydrogens (tertiary/aromatic N) is 3. The Morgan fingerprint density at radius 2 is 1.73 bits per heavy atom. The summed E-state index contributed by atoms with van der Waals surface area (Å²) in [5.41, 5.74) is 2.09. The number of hydrogen-bond acceptors (Lipinski definition) is 3. The van der Waals surface area contributed by atoms with Gasteiger partial charge in [-0.2, -0.15) is 5.10 Å². The van der Waals surface area contributed by atoms with Crippen LogP contribution in [-0.4, -0.2) is 39.6 Å². The molecule has 2 amide bonds. The van der Waals surface area contributed by atoms with E-state index in [-0.39, 0.29) is 23.8 Å². The predicted molar refractivity (Wildman–Crippen MR) is 134 cm³/mol. The lowest BCUT2D eigenvalue weighted by Crippen LogP contribution is -2.39. The summed E-state index contributed by atoms with van der Waals surface area (Å²) in [5, 5.41) is 8.40. The second kappa shape index (κ2) is 10.4. The van der Waals surface area contributed by atoms with Crippen molar-refractivity contribution in [2.45, 2.75) is 34.1 Å². The molecule has 0 aliphatic heterocycles. The highest BCUT2D eigenvalue weighted by molar-refractivity contribution is 6.42. The van der Waals surface area contributed by atoms with E-state index < -0.39 is 0 Å². The molecule has 0 aliphatic rings. The van der Waals surface area contributed by atoms with Crippen LogP contribution in [0.1, 0.15) is 34.1 Å². The molecule has 2 aromatic carbocycles. The van der Waals surface area contributed by atoms with Gasteiger partial charge in [0.2, 0.25) is 11.8 Å². The highest BCUT2D eigenvalue weighted by atomic mass is 35.5. The van der Waals surface area contributed by atoms with E-state index in [1.54, 1.807) is 33.8 Å².